The van der Waals surface area contributed by atoms with Crippen molar-refractivity contribution in [2.75, 3.05) is 11.4 Å². The third-order valence-electron chi connectivity index (χ3n) is 3.94. The molecule has 3 rings (SSSR count). The van der Waals surface area contributed by atoms with Gasteiger partial charge in [0.05, 0.1) is 24.2 Å². The summed E-state index contributed by atoms with van der Waals surface area (Å²) in [6, 6.07) is 16.9. The summed E-state index contributed by atoms with van der Waals surface area (Å²) < 4.78 is 59.8. The molecule has 4 nitrogen and oxygen atoms in total. The summed E-state index contributed by atoms with van der Waals surface area (Å²) in [5, 5.41) is 0. The van der Waals surface area contributed by atoms with Gasteiger partial charge in [0.2, 0.25) is 0 Å². The molecule has 0 saturated carbocycles. The maximum Gasteiger partial charge on any atom is 0.264 e. The summed E-state index contributed by atoms with van der Waals surface area (Å²) in [5.74, 6) is -0.667. The van der Waals surface area contributed by atoms with Gasteiger partial charge >= 0.3 is 0 Å². The lowest BCUT2D eigenvalue weighted by Gasteiger charge is -2.25. The lowest BCUT2D eigenvalue weighted by Crippen LogP contribution is -2.30. The van der Waals surface area contributed by atoms with Gasteiger partial charge in [-0.1, -0.05) is 24.3 Å². The highest BCUT2D eigenvalue weighted by Gasteiger charge is 2.26. The lowest BCUT2D eigenvalue weighted by atomic mass is 10.2. The maximum absolute atomic E-state index is 13.6. The molecule has 0 unspecified atom stereocenters. The van der Waals surface area contributed by atoms with E-state index in [0.717, 1.165) is 10.4 Å². The third-order valence-corrected chi connectivity index (χ3v) is 5.71. The van der Waals surface area contributed by atoms with Gasteiger partial charge in [-0.2, -0.15) is 0 Å². The number of hydrogen-bond donors (Lipinski definition) is 0. The molecule has 0 aliphatic rings. The average molecular weight is 389 g/mol. The standard InChI is InChI=1S/C20H17F2NO3S/c1-26-19-9-4-8-18(13-19)23(14-15-5-2-6-16(21)11-15)27(24,25)20-10-3-7-17(22)12-20/h2-13H,14H2,1H3. The van der Waals surface area contributed by atoms with Crippen LogP contribution in [0.25, 0.3) is 0 Å². The van der Waals surface area contributed by atoms with Crippen molar-refractivity contribution in [2.45, 2.75) is 11.4 Å². The fraction of sp³-hybridized carbons (Fsp3) is 0.100. The monoisotopic (exact) mass is 389 g/mol. The minimum absolute atomic E-state index is 0.121. The lowest BCUT2D eigenvalue weighted by molar-refractivity contribution is 0.415. The predicted octanol–water partition coefficient (Wildman–Crippen LogP) is 4.37. The molecule has 3 aromatic rings. The molecule has 0 atom stereocenters. The summed E-state index contributed by atoms with van der Waals surface area (Å²) in [6.07, 6.45) is 0. The number of nitrogens with zero attached hydrogens (tertiary/aromatic N) is 1. The zero-order chi connectivity index (χ0) is 19.4. The Morgan fingerprint density at radius 1 is 0.889 bits per heavy atom. The van der Waals surface area contributed by atoms with Gasteiger partial charge in [-0.05, 0) is 48.0 Å². The Bertz CT molecular complexity index is 1050. The zero-order valence-corrected chi connectivity index (χ0v) is 15.3. The van der Waals surface area contributed by atoms with Crippen LogP contribution in [0.15, 0.2) is 77.7 Å². The molecule has 0 bridgehead atoms. The van der Waals surface area contributed by atoms with Crippen LogP contribution in [0.1, 0.15) is 5.56 Å². The largest absolute Gasteiger partial charge is 0.497 e. The van der Waals surface area contributed by atoms with Crippen molar-refractivity contribution in [3.05, 3.63) is 90.0 Å². The van der Waals surface area contributed by atoms with E-state index in [1.807, 2.05) is 0 Å². The highest BCUT2D eigenvalue weighted by Crippen LogP contribution is 2.29. The molecule has 0 heterocycles. The first kappa shape index (κ1) is 18.8. The summed E-state index contributed by atoms with van der Waals surface area (Å²) in [5.41, 5.74) is 0.778. The van der Waals surface area contributed by atoms with Crippen molar-refractivity contribution in [3.63, 3.8) is 0 Å². The van der Waals surface area contributed by atoms with Crippen LogP contribution in [0.3, 0.4) is 0 Å². The minimum atomic E-state index is -4.10. The van der Waals surface area contributed by atoms with E-state index in [1.54, 1.807) is 30.3 Å². The molecule has 7 heteroatoms. The Labute approximate surface area is 156 Å². The molecule has 0 spiro atoms. The molecule has 0 fully saturated rings. The molecule has 0 aliphatic carbocycles. The Hall–Kier alpha value is -2.93. The van der Waals surface area contributed by atoms with E-state index in [2.05, 4.69) is 0 Å². The number of methoxy groups -OCH3 is 1. The van der Waals surface area contributed by atoms with Gasteiger partial charge in [-0.25, -0.2) is 17.2 Å². The number of hydrogen-bond acceptors (Lipinski definition) is 3. The van der Waals surface area contributed by atoms with Crippen LogP contribution >= 0.6 is 0 Å². The van der Waals surface area contributed by atoms with E-state index in [-0.39, 0.29) is 11.4 Å². The number of benzene rings is 3. The van der Waals surface area contributed by atoms with Crippen molar-refractivity contribution in [1.82, 2.24) is 0 Å². The first-order valence-corrected chi connectivity index (χ1v) is 9.51. The Morgan fingerprint density at radius 3 is 2.22 bits per heavy atom. The first-order chi connectivity index (χ1) is 12.9. The van der Waals surface area contributed by atoms with E-state index in [4.69, 9.17) is 4.74 Å². The van der Waals surface area contributed by atoms with E-state index in [0.29, 0.717) is 17.0 Å². The Morgan fingerprint density at radius 2 is 1.56 bits per heavy atom. The van der Waals surface area contributed by atoms with Crippen molar-refractivity contribution >= 4 is 15.7 Å². The van der Waals surface area contributed by atoms with Crippen LogP contribution in [-0.2, 0) is 16.6 Å². The van der Waals surface area contributed by atoms with E-state index in [9.17, 15) is 17.2 Å². The SMILES string of the molecule is COc1cccc(N(Cc2cccc(F)c2)S(=O)(=O)c2cccc(F)c2)c1. The van der Waals surface area contributed by atoms with Gasteiger partial charge in [-0.3, -0.25) is 4.31 Å². The normalized spacial score (nSPS) is 11.2. The van der Waals surface area contributed by atoms with Gasteiger partial charge in [-0.15, -0.1) is 0 Å². The van der Waals surface area contributed by atoms with Crippen molar-refractivity contribution in [3.8, 4) is 5.75 Å². The second-order valence-electron chi connectivity index (χ2n) is 5.80. The summed E-state index contributed by atoms with van der Waals surface area (Å²) >= 11 is 0. The molecular weight excluding hydrogens is 372 g/mol. The van der Waals surface area contributed by atoms with Crippen LogP contribution in [0.4, 0.5) is 14.5 Å². The highest BCUT2D eigenvalue weighted by molar-refractivity contribution is 7.92. The zero-order valence-electron chi connectivity index (χ0n) is 14.5. The number of ether oxygens (including phenoxy) is 1. The Balaban J connectivity index is 2.11. The first-order valence-electron chi connectivity index (χ1n) is 8.07. The maximum atomic E-state index is 13.6. The molecule has 0 N–H and O–H groups in total. The minimum Gasteiger partial charge on any atom is -0.497 e. The highest BCUT2D eigenvalue weighted by atomic mass is 32.2. The number of sulfonamides is 1. The molecule has 27 heavy (non-hydrogen) atoms. The fourth-order valence-electron chi connectivity index (χ4n) is 2.64. The summed E-state index contributed by atoms with van der Waals surface area (Å²) in [4.78, 5) is -0.193. The van der Waals surface area contributed by atoms with Crippen molar-refractivity contribution < 1.29 is 21.9 Å². The topological polar surface area (TPSA) is 46.6 Å². The number of anilines is 1. The smallest absolute Gasteiger partial charge is 0.264 e. The molecule has 0 radical (unpaired) electrons. The second-order valence-corrected chi connectivity index (χ2v) is 7.66. The van der Waals surface area contributed by atoms with Crippen LogP contribution in [-0.4, -0.2) is 15.5 Å². The van der Waals surface area contributed by atoms with E-state index < -0.39 is 21.7 Å². The second kappa shape index (κ2) is 7.75. The molecule has 0 amide bonds. The predicted molar refractivity (Wildman–Crippen MR) is 99.2 cm³/mol. The average Bonchev–Trinajstić information content (AvgIpc) is 2.66. The van der Waals surface area contributed by atoms with Crippen LogP contribution < -0.4 is 9.04 Å². The fourth-order valence-corrected chi connectivity index (χ4v) is 4.11. The van der Waals surface area contributed by atoms with Crippen LogP contribution in [0.5, 0.6) is 5.75 Å². The quantitative estimate of drug-likeness (QED) is 0.629. The van der Waals surface area contributed by atoms with Gasteiger partial charge in [0.25, 0.3) is 10.0 Å². The van der Waals surface area contributed by atoms with Crippen LogP contribution in [0.2, 0.25) is 0 Å². The van der Waals surface area contributed by atoms with Crippen molar-refractivity contribution in [1.29, 1.82) is 0 Å². The number of rotatable bonds is 6. The van der Waals surface area contributed by atoms with Gasteiger partial charge in [0, 0.05) is 6.07 Å². The molecule has 140 valence electrons. The van der Waals surface area contributed by atoms with E-state index >= 15 is 0 Å². The molecule has 0 aliphatic heterocycles. The van der Waals surface area contributed by atoms with Gasteiger partial charge in [0.1, 0.15) is 17.4 Å². The molecule has 3 aromatic carbocycles. The summed E-state index contributed by atoms with van der Waals surface area (Å²) in [6.45, 7) is -0.121. The number of halogens is 2. The Kier molecular flexibility index (Phi) is 5.41. The molecule has 0 aromatic heterocycles. The van der Waals surface area contributed by atoms with Crippen molar-refractivity contribution in [2.24, 2.45) is 0 Å². The molecule has 0 saturated heterocycles. The summed E-state index contributed by atoms with van der Waals surface area (Å²) in [7, 11) is -2.63. The third kappa shape index (κ3) is 4.25. The van der Waals surface area contributed by atoms with Crippen LogP contribution in [0, 0.1) is 11.6 Å². The van der Waals surface area contributed by atoms with E-state index in [1.165, 1.54) is 43.5 Å². The van der Waals surface area contributed by atoms with Gasteiger partial charge in [0.15, 0.2) is 0 Å². The molecular formula is C20H17F2NO3S. The van der Waals surface area contributed by atoms with Gasteiger partial charge < -0.3 is 4.74 Å².